The Bertz CT molecular complexity index is 721. The number of anilines is 1. The Kier molecular flexibility index (Phi) is 5.14. The average Bonchev–Trinajstić information content (AvgIpc) is 3.30. The molecule has 1 atom stereocenters. The molecule has 0 spiro atoms. The Morgan fingerprint density at radius 3 is 2.92 bits per heavy atom. The van der Waals surface area contributed by atoms with Gasteiger partial charge in [0.15, 0.2) is 0 Å². The Labute approximate surface area is 151 Å². The molecule has 2 aliphatic heterocycles. The summed E-state index contributed by atoms with van der Waals surface area (Å²) in [6.45, 7) is 5.54. The summed E-state index contributed by atoms with van der Waals surface area (Å²) in [5.41, 5.74) is 0. The van der Waals surface area contributed by atoms with Gasteiger partial charge in [0.05, 0.1) is 17.3 Å². The Balaban J connectivity index is 1.26. The Morgan fingerprint density at radius 2 is 2.12 bits per heavy atom. The molecule has 134 valence electrons. The second-order valence-electron chi connectivity index (χ2n) is 6.70. The van der Waals surface area contributed by atoms with Crippen molar-refractivity contribution in [3.05, 3.63) is 24.3 Å². The van der Waals surface area contributed by atoms with Gasteiger partial charge in [0.2, 0.25) is 5.91 Å². The standard InChI is InChI=1S/C18H24N4O2S/c23-17(19-12-14-4-3-11-24-14)13-21-7-9-22(10-8-21)18-15-5-1-2-6-16(15)25-20-18/h1-2,5-6,14H,3-4,7-13H2,(H,19,23)/t14-/m0/s1. The van der Waals surface area contributed by atoms with Gasteiger partial charge < -0.3 is 15.0 Å². The lowest BCUT2D eigenvalue weighted by Crippen LogP contribution is -2.50. The smallest absolute Gasteiger partial charge is 0.234 e. The second-order valence-corrected chi connectivity index (χ2v) is 7.51. The van der Waals surface area contributed by atoms with Crippen LogP contribution in [0, 0.1) is 0 Å². The molecule has 3 heterocycles. The number of nitrogens with one attached hydrogen (secondary N) is 1. The number of amides is 1. The van der Waals surface area contributed by atoms with Crippen LogP contribution >= 0.6 is 11.5 Å². The minimum absolute atomic E-state index is 0.100. The quantitative estimate of drug-likeness (QED) is 0.880. The third-order valence-electron chi connectivity index (χ3n) is 4.95. The molecule has 6 nitrogen and oxygen atoms in total. The van der Waals surface area contributed by atoms with Gasteiger partial charge in [0.1, 0.15) is 5.82 Å². The van der Waals surface area contributed by atoms with Crippen molar-refractivity contribution in [1.29, 1.82) is 0 Å². The first-order chi connectivity index (χ1) is 12.3. The van der Waals surface area contributed by atoms with Crippen LogP contribution in [0.15, 0.2) is 24.3 Å². The molecule has 1 N–H and O–H groups in total. The fourth-order valence-corrected chi connectivity index (χ4v) is 4.31. The molecule has 2 saturated heterocycles. The van der Waals surface area contributed by atoms with Crippen molar-refractivity contribution >= 4 is 33.3 Å². The lowest BCUT2D eigenvalue weighted by atomic mass is 10.2. The van der Waals surface area contributed by atoms with E-state index in [2.05, 4.69) is 43.8 Å². The van der Waals surface area contributed by atoms with Crippen molar-refractivity contribution in [2.45, 2.75) is 18.9 Å². The van der Waals surface area contributed by atoms with Gasteiger partial charge in [-0.15, -0.1) is 0 Å². The lowest BCUT2D eigenvalue weighted by molar-refractivity contribution is -0.122. The van der Waals surface area contributed by atoms with Crippen molar-refractivity contribution in [3.63, 3.8) is 0 Å². The third-order valence-corrected chi connectivity index (χ3v) is 5.77. The van der Waals surface area contributed by atoms with Crippen LogP contribution in [0.25, 0.3) is 10.1 Å². The summed E-state index contributed by atoms with van der Waals surface area (Å²) < 4.78 is 11.4. The number of carbonyl (C=O) groups excluding carboxylic acids is 1. The van der Waals surface area contributed by atoms with E-state index in [1.807, 2.05) is 0 Å². The second kappa shape index (κ2) is 7.68. The van der Waals surface area contributed by atoms with Crippen LogP contribution in [-0.4, -0.2) is 67.2 Å². The highest BCUT2D eigenvalue weighted by atomic mass is 32.1. The number of fused-ring (bicyclic) bond motifs is 1. The zero-order valence-electron chi connectivity index (χ0n) is 14.3. The number of nitrogens with zero attached hydrogens (tertiary/aromatic N) is 3. The van der Waals surface area contributed by atoms with E-state index in [1.165, 1.54) is 10.1 Å². The zero-order chi connectivity index (χ0) is 17.1. The van der Waals surface area contributed by atoms with Crippen LogP contribution in [0.2, 0.25) is 0 Å². The first kappa shape index (κ1) is 16.8. The van der Waals surface area contributed by atoms with Crippen LogP contribution in [-0.2, 0) is 9.53 Å². The summed E-state index contributed by atoms with van der Waals surface area (Å²) in [4.78, 5) is 16.7. The number of aromatic nitrogens is 1. The average molecular weight is 360 g/mol. The maximum Gasteiger partial charge on any atom is 0.234 e. The molecular formula is C18H24N4O2S. The van der Waals surface area contributed by atoms with Gasteiger partial charge in [-0.25, -0.2) is 0 Å². The molecule has 1 amide bonds. The van der Waals surface area contributed by atoms with Crippen LogP contribution < -0.4 is 10.2 Å². The fourth-order valence-electron chi connectivity index (χ4n) is 3.51. The predicted octanol–water partition coefficient (Wildman–Crippen LogP) is 1.71. The molecule has 1 aromatic carbocycles. The summed E-state index contributed by atoms with van der Waals surface area (Å²) >= 11 is 1.56. The fraction of sp³-hybridized carbons (Fsp3) is 0.556. The monoisotopic (exact) mass is 360 g/mol. The number of piperazine rings is 1. The molecule has 0 radical (unpaired) electrons. The first-order valence-electron chi connectivity index (χ1n) is 8.99. The first-order valence-corrected chi connectivity index (χ1v) is 9.77. The molecule has 0 saturated carbocycles. The van der Waals surface area contributed by atoms with Crippen molar-refractivity contribution in [2.24, 2.45) is 0 Å². The summed E-state index contributed by atoms with van der Waals surface area (Å²) in [7, 11) is 0. The summed E-state index contributed by atoms with van der Waals surface area (Å²) in [6.07, 6.45) is 2.37. The largest absolute Gasteiger partial charge is 0.376 e. The molecule has 1 aromatic heterocycles. The van der Waals surface area contributed by atoms with Gasteiger partial charge in [-0.1, -0.05) is 12.1 Å². The molecule has 2 fully saturated rings. The third kappa shape index (κ3) is 3.94. The molecule has 4 rings (SSSR count). The van der Waals surface area contributed by atoms with Gasteiger partial charge in [0, 0.05) is 44.7 Å². The zero-order valence-corrected chi connectivity index (χ0v) is 15.1. The van der Waals surface area contributed by atoms with E-state index in [0.29, 0.717) is 13.1 Å². The van der Waals surface area contributed by atoms with Crippen LogP contribution in [0.5, 0.6) is 0 Å². The number of hydrogen-bond donors (Lipinski definition) is 1. The van der Waals surface area contributed by atoms with Gasteiger partial charge >= 0.3 is 0 Å². The maximum absolute atomic E-state index is 12.1. The SMILES string of the molecule is O=C(CN1CCN(c2nsc3ccccc23)CC1)NC[C@@H]1CCCO1. The molecule has 2 aliphatic rings. The van der Waals surface area contributed by atoms with Gasteiger partial charge in [-0.3, -0.25) is 9.69 Å². The van der Waals surface area contributed by atoms with Crippen LogP contribution in [0.3, 0.4) is 0 Å². The summed E-state index contributed by atoms with van der Waals surface area (Å²) in [5.74, 6) is 1.19. The Hall–Kier alpha value is -1.70. The topological polar surface area (TPSA) is 57.7 Å². The predicted molar refractivity (Wildman–Crippen MR) is 100 cm³/mol. The van der Waals surface area contributed by atoms with E-state index >= 15 is 0 Å². The highest BCUT2D eigenvalue weighted by Crippen LogP contribution is 2.29. The molecular weight excluding hydrogens is 336 g/mol. The van der Waals surface area contributed by atoms with Gasteiger partial charge in [0.25, 0.3) is 0 Å². The molecule has 0 unspecified atom stereocenters. The number of ether oxygens (including phenoxy) is 1. The number of carbonyl (C=O) groups is 1. The maximum atomic E-state index is 12.1. The van der Waals surface area contributed by atoms with E-state index in [9.17, 15) is 4.79 Å². The molecule has 0 aliphatic carbocycles. The highest BCUT2D eigenvalue weighted by Gasteiger charge is 2.22. The van der Waals surface area contributed by atoms with E-state index in [0.717, 1.165) is 51.4 Å². The molecule has 0 bridgehead atoms. The molecule has 7 heteroatoms. The highest BCUT2D eigenvalue weighted by molar-refractivity contribution is 7.13. The van der Waals surface area contributed by atoms with Crippen molar-refractivity contribution in [1.82, 2.24) is 14.6 Å². The van der Waals surface area contributed by atoms with Crippen molar-refractivity contribution in [2.75, 3.05) is 50.8 Å². The van der Waals surface area contributed by atoms with Crippen molar-refractivity contribution < 1.29 is 9.53 Å². The minimum atomic E-state index is 0.100. The van der Waals surface area contributed by atoms with E-state index in [4.69, 9.17) is 4.74 Å². The van der Waals surface area contributed by atoms with E-state index < -0.39 is 0 Å². The lowest BCUT2D eigenvalue weighted by Gasteiger charge is -2.34. The van der Waals surface area contributed by atoms with Crippen LogP contribution in [0.1, 0.15) is 12.8 Å². The van der Waals surface area contributed by atoms with Crippen LogP contribution in [0.4, 0.5) is 5.82 Å². The molecule has 2 aromatic rings. The van der Waals surface area contributed by atoms with Gasteiger partial charge in [-0.05, 0) is 36.5 Å². The summed E-state index contributed by atoms with van der Waals surface area (Å²) in [6, 6.07) is 8.37. The van der Waals surface area contributed by atoms with Crippen molar-refractivity contribution in [3.8, 4) is 0 Å². The van der Waals surface area contributed by atoms with Gasteiger partial charge in [-0.2, -0.15) is 4.37 Å². The number of rotatable bonds is 5. The number of benzene rings is 1. The normalized spacial score (nSPS) is 21.8. The minimum Gasteiger partial charge on any atom is -0.376 e. The Morgan fingerprint density at radius 1 is 1.28 bits per heavy atom. The van der Waals surface area contributed by atoms with E-state index in [-0.39, 0.29) is 12.0 Å². The van der Waals surface area contributed by atoms with E-state index in [1.54, 1.807) is 11.5 Å². The number of hydrogen-bond acceptors (Lipinski definition) is 6. The summed E-state index contributed by atoms with van der Waals surface area (Å²) in [5, 5.41) is 4.24. The molecule has 25 heavy (non-hydrogen) atoms.